The van der Waals surface area contributed by atoms with E-state index in [1.54, 1.807) is 16.6 Å². The summed E-state index contributed by atoms with van der Waals surface area (Å²) < 4.78 is 6.67. The van der Waals surface area contributed by atoms with Gasteiger partial charge in [-0.15, -0.1) is 0 Å². The quantitative estimate of drug-likeness (QED) is 0.464. The van der Waals surface area contributed by atoms with Gasteiger partial charge in [0.15, 0.2) is 12.1 Å². The first-order valence-electron chi connectivity index (χ1n) is 8.43. The van der Waals surface area contributed by atoms with Crippen LogP contribution >= 0.6 is 11.6 Å². The molecule has 0 spiro atoms. The molecule has 140 valence electrons. The van der Waals surface area contributed by atoms with Crippen LogP contribution in [-0.2, 0) is 4.74 Å². The molecule has 0 radical (unpaired) electrons. The number of ether oxygens (including phenoxy) is 1. The number of H-pyrrole nitrogens is 1. The second-order valence-electron chi connectivity index (χ2n) is 6.59. The van der Waals surface area contributed by atoms with Crippen LogP contribution in [0, 0.1) is 0 Å². The van der Waals surface area contributed by atoms with Crippen molar-refractivity contribution < 1.29 is 9.84 Å². The Kier molecular flexibility index (Phi) is 4.26. The molecule has 3 heterocycles. The lowest BCUT2D eigenvalue weighted by Gasteiger charge is -2.07. The molecule has 0 fully saturated rings. The number of benzene rings is 1. The summed E-state index contributed by atoms with van der Waals surface area (Å²) in [5, 5.41) is 15.5. The number of aromatic amines is 1. The lowest BCUT2D eigenvalue weighted by Crippen LogP contribution is -2.03. The summed E-state index contributed by atoms with van der Waals surface area (Å²) in [6, 6.07) is 5.39. The number of nitrogens with zero attached hydrogens (tertiary/aromatic N) is 4. The van der Waals surface area contributed by atoms with E-state index in [1.807, 2.05) is 19.9 Å². The lowest BCUT2D eigenvalue weighted by atomic mass is 10.1. The maximum atomic E-state index is 9.91. The van der Waals surface area contributed by atoms with Gasteiger partial charge in [-0.1, -0.05) is 37.6 Å². The second-order valence-corrected chi connectivity index (χ2v) is 6.96. The summed E-state index contributed by atoms with van der Waals surface area (Å²) in [6.07, 6.45) is 0.398. The van der Waals surface area contributed by atoms with Gasteiger partial charge in [0.25, 0.3) is 0 Å². The summed E-state index contributed by atoms with van der Waals surface area (Å²) in [5.74, 6) is 1.22. The molecule has 0 aliphatic rings. The predicted octanol–water partition coefficient (Wildman–Crippen LogP) is 3.27. The van der Waals surface area contributed by atoms with E-state index in [2.05, 4.69) is 15.1 Å². The van der Waals surface area contributed by atoms with Crippen molar-refractivity contribution in [1.29, 1.82) is 0 Å². The fourth-order valence-electron chi connectivity index (χ4n) is 3.16. The number of aliphatic hydroxyl groups is 1. The molecule has 27 heavy (non-hydrogen) atoms. The van der Waals surface area contributed by atoms with Crippen molar-refractivity contribution in [3.05, 3.63) is 40.9 Å². The second kappa shape index (κ2) is 6.49. The van der Waals surface area contributed by atoms with E-state index in [4.69, 9.17) is 27.1 Å². The third-order valence-corrected chi connectivity index (χ3v) is 4.90. The predicted molar refractivity (Wildman–Crippen MR) is 104 cm³/mol. The molecule has 0 saturated carbocycles. The maximum absolute atomic E-state index is 9.91. The van der Waals surface area contributed by atoms with Gasteiger partial charge in [0.05, 0.1) is 10.7 Å². The minimum absolute atomic E-state index is 0.132. The number of aromatic nitrogens is 5. The number of imidazole rings is 1. The minimum atomic E-state index is -1.01. The first kappa shape index (κ1) is 17.7. The Morgan fingerprint density at radius 2 is 2.11 bits per heavy atom. The van der Waals surface area contributed by atoms with Gasteiger partial charge in [0.1, 0.15) is 23.4 Å². The zero-order chi connectivity index (χ0) is 19.3. The van der Waals surface area contributed by atoms with Crippen LogP contribution in [0.15, 0.2) is 24.5 Å². The van der Waals surface area contributed by atoms with Crippen LogP contribution in [0.4, 0.5) is 5.82 Å². The molecule has 0 saturated heterocycles. The molecule has 1 aromatic carbocycles. The average Bonchev–Trinajstić information content (AvgIpc) is 3.20. The van der Waals surface area contributed by atoms with Crippen molar-refractivity contribution in [2.24, 2.45) is 0 Å². The molecule has 1 atom stereocenters. The lowest BCUT2D eigenvalue weighted by molar-refractivity contribution is -0.0768. The molecule has 8 nitrogen and oxygen atoms in total. The van der Waals surface area contributed by atoms with Gasteiger partial charge in [-0.2, -0.15) is 5.10 Å². The Morgan fingerprint density at radius 1 is 1.33 bits per heavy atom. The fourth-order valence-corrected chi connectivity index (χ4v) is 3.46. The SMILES string of the molecule is COC(O)c1ccc2c(Cl)c(-c3nc(C(C)C)n4ncnc(N)c34)[nH]c2c1. The molecule has 1 unspecified atom stereocenters. The number of rotatable bonds is 4. The monoisotopic (exact) mass is 386 g/mol. The number of aliphatic hydroxyl groups excluding tert-OH is 1. The van der Waals surface area contributed by atoms with Gasteiger partial charge >= 0.3 is 0 Å². The number of fused-ring (bicyclic) bond motifs is 2. The smallest absolute Gasteiger partial charge is 0.180 e. The molecule has 0 aliphatic carbocycles. The first-order valence-corrected chi connectivity index (χ1v) is 8.81. The summed E-state index contributed by atoms with van der Waals surface area (Å²) in [4.78, 5) is 12.1. The summed E-state index contributed by atoms with van der Waals surface area (Å²) >= 11 is 6.64. The molecule has 4 N–H and O–H groups in total. The van der Waals surface area contributed by atoms with E-state index >= 15 is 0 Å². The van der Waals surface area contributed by atoms with Crippen molar-refractivity contribution in [1.82, 2.24) is 24.6 Å². The molecule has 4 aromatic rings. The number of halogens is 1. The van der Waals surface area contributed by atoms with Gasteiger partial charge in [0, 0.05) is 29.5 Å². The van der Waals surface area contributed by atoms with Crippen LogP contribution < -0.4 is 5.73 Å². The van der Waals surface area contributed by atoms with Crippen molar-refractivity contribution in [3.8, 4) is 11.4 Å². The molecule has 0 amide bonds. The highest BCUT2D eigenvalue weighted by Crippen LogP contribution is 2.38. The van der Waals surface area contributed by atoms with Gasteiger partial charge < -0.3 is 20.6 Å². The molecule has 9 heteroatoms. The number of hydrogen-bond donors (Lipinski definition) is 3. The molecular formula is C18H19ClN6O2. The van der Waals surface area contributed by atoms with Crippen molar-refractivity contribution >= 4 is 33.8 Å². The summed E-state index contributed by atoms with van der Waals surface area (Å²) in [7, 11) is 1.44. The maximum Gasteiger partial charge on any atom is 0.180 e. The zero-order valence-electron chi connectivity index (χ0n) is 15.1. The van der Waals surface area contributed by atoms with Gasteiger partial charge in [-0.3, -0.25) is 0 Å². The van der Waals surface area contributed by atoms with Crippen LogP contribution in [0.5, 0.6) is 0 Å². The van der Waals surface area contributed by atoms with Gasteiger partial charge in [-0.05, 0) is 6.07 Å². The highest BCUT2D eigenvalue weighted by molar-refractivity contribution is 6.38. The van der Waals surface area contributed by atoms with E-state index in [9.17, 15) is 5.11 Å². The van der Waals surface area contributed by atoms with Crippen LogP contribution in [-0.4, -0.2) is 36.8 Å². The zero-order valence-corrected chi connectivity index (χ0v) is 15.8. The number of nitrogens with two attached hydrogens (primary N) is 1. The molecule has 3 aromatic heterocycles. The van der Waals surface area contributed by atoms with E-state index < -0.39 is 6.29 Å². The van der Waals surface area contributed by atoms with E-state index in [-0.39, 0.29) is 5.92 Å². The summed E-state index contributed by atoms with van der Waals surface area (Å²) in [6.45, 7) is 4.06. The van der Waals surface area contributed by atoms with Crippen LogP contribution in [0.3, 0.4) is 0 Å². The molecule has 0 aliphatic heterocycles. The third kappa shape index (κ3) is 2.73. The Balaban J connectivity index is 1.99. The van der Waals surface area contributed by atoms with Crippen LogP contribution in [0.25, 0.3) is 27.8 Å². The Bertz CT molecular complexity index is 1150. The van der Waals surface area contributed by atoms with Crippen molar-refractivity contribution in [2.45, 2.75) is 26.1 Å². The fraction of sp³-hybridized carbons (Fsp3) is 0.278. The van der Waals surface area contributed by atoms with E-state index in [0.717, 1.165) is 16.7 Å². The number of nitrogens with one attached hydrogen (secondary N) is 1. The van der Waals surface area contributed by atoms with E-state index in [1.165, 1.54) is 13.4 Å². The Labute approximate surface area is 160 Å². The normalized spacial score (nSPS) is 13.1. The van der Waals surface area contributed by atoms with Crippen LogP contribution in [0.1, 0.15) is 37.4 Å². The number of nitrogen functional groups attached to an aromatic ring is 1. The Hall–Kier alpha value is -2.68. The standard InChI is InChI=1S/C18H19ClN6O2/c1-8(2)17-24-14(15-16(20)21-7-22-25(15)17)13-12(19)10-5-4-9(18(26)27-3)6-11(10)23-13/h4-8,18,23,26H,1-3H3,(H2,20,21,22). The molecule has 0 bridgehead atoms. The van der Waals surface area contributed by atoms with E-state index in [0.29, 0.717) is 33.3 Å². The molecular weight excluding hydrogens is 368 g/mol. The minimum Gasteiger partial charge on any atom is -0.382 e. The van der Waals surface area contributed by atoms with Gasteiger partial charge in [0.2, 0.25) is 0 Å². The average molecular weight is 387 g/mol. The van der Waals surface area contributed by atoms with Gasteiger partial charge in [-0.25, -0.2) is 14.5 Å². The highest BCUT2D eigenvalue weighted by Gasteiger charge is 2.23. The largest absolute Gasteiger partial charge is 0.382 e. The first-order chi connectivity index (χ1) is 12.9. The number of anilines is 1. The number of hydrogen-bond acceptors (Lipinski definition) is 6. The topological polar surface area (TPSA) is 114 Å². The van der Waals surface area contributed by atoms with Crippen molar-refractivity contribution in [3.63, 3.8) is 0 Å². The third-order valence-electron chi connectivity index (χ3n) is 4.51. The van der Waals surface area contributed by atoms with Crippen LogP contribution in [0.2, 0.25) is 5.02 Å². The Morgan fingerprint density at radius 3 is 2.81 bits per heavy atom. The summed E-state index contributed by atoms with van der Waals surface area (Å²) in [5.41, 5.74) is 9.31. The van der Waals surface area contributed by atoms with Crippen molar-refractivity contribution in [2.75, 3.05) is 12.8 Å². The number of methoxy groups -OCH3 is 1. The highest BCUT2D eigenvalue weighted by atomic mass is 35.5. The molecule has 4 rings (SSSR count).